The van der Waals surface area contributed by atoms with Crippen LogP contribution in [-0.2, 0) is 0 Å². The monoisotopic (exact) mass is 1150 g/mol. The molecule has 0 aromatic heterocycles. The van der Waals surface area contributed by atoms with E-state index < -0.39 is 24.1 Å². The normalized spacial score (nSPS) is 13.1. The summed E-state index contributed by atoms with van der Waals surface area (Å²) in [4.78, 5) is 0. The summed E-state index contributed by atoms with van der Waals surface area (Å²) in [5, 5.41) is 0. The van der Waals surface area contributed by atoms with Gasteiger partial charge in [0.05, 0.1) is 0 Å². The zero-order valence-electron chi connectivity index (χ0n) is 49.7. The molecule has 2 nitrogen and oxygen atoms in total. The molecule has 0 bridgehead atoms. The third-order valence-electron chi connectivity index (χ3n) is 16.2. The summed E-state index contributed by atoms with van der Waals surface area (Å²) in [7, 11) is 0. The predicted octanol–water partition coefficient (Wildman–Crippen LogP) is 19.5. The van der Waals surface area contributed by atoms with E-state index in [4.69, 9.17) is 7.90 Å². The Kier molecular flexibility index (Phi) is 17.7. The van der Waals surface area contributed by atoms with Crippen LogP contribution in [-0.4, -0.2) is 35.5 Å². The second-order valence-electron chi connectivity index (χ2n) is 24.3. The van der Waals surface area contributed by atoms with Crippen LogP contribution in [0.5, 0.6) is 0 Å². The van der Waals surface area contributed by atoms with Gasteiger partial charge in [-0.3, -0.25) is 0 Å². The third kappa shape index (κ3) is 11.1. The van der Waals surface area contributed by atoms with E-state index >= 15 is 0 Å². The summed E-state index contributed by atoms with van der Waals surface area (Å²) >= 11 is -6.45. The van der Waals surface area contributed by atoms with Crippen molar-refractivity contribution in [2.24, 2.45) is 7.90 Å². The number of hydrogen-bond acceptors (Lipinski definition) is 2. The fourth-order valence-corrected chi connectivity index (χ4v) is 35.8. The molecule has 0 atom stereocenters. The minimum atomic E-state index is -3.22. The Labute approximate surface area is 477 Å². The number of benzene rings is 8. The minimum absolute atomic E-state index is 0.304. The molecule has 8 aromatic rings. The van der Waals surface area contributed by atoms with Gasteiger partial charge in [-0.1, -0.05) is 0 Å². The van der Waals surface area contributed by atoms with E-state index in [2.05, 4.69) is 281 Å². The summed E-state index contributed by atoms with van der Waals surface area (Å²) < 4.78 is 16.4. The molecule has 78 heavy (non-hydrogen) atoms. The first kappa shape index (κ1) is 56.9. The molecule has 0 N–H and O–H groups in total. The molecule has 398 valence electrons. The van der Waals surface area contributed by atoms with Gasteiger partial charge in [-0.15, -0.1) is 0 Å². The van der Waals surface area contributed by atoms with Crippen molar-refractivity contribution in [3.05, 3.63) is 225 Å². The molecule has 0 aliphatic carbocycles. The quantitative estimate of drug-likeness (QED) is 0.0862. The van der Waals surface area contributed by atoms with Crippen molar-refractivity contribution in [2.45, 2.75) is 158 Å². The van der Waals surface area contributed by atoms with Crippen LogP contribution in [0.4, 0.5) is 0 Å². The molecule has 0 fully saturated rings. The number of rotatable bonds is 16. The van der Waals surface area contributed by atoms with Gasteiger partial charge in [-0.25, -0.2) is 0 Å². The van der Waals surface area contributed by atoms with Gasteiger partial charge in [0.1, 0.15) is 0 Å². The molecule has 0 saturated carbocycles. The Morgan fingerprint density at radius 3 is 0.615 bits per heavy atom. The van der Waals surface area contributed by atoms with Crippen molar-refractivity contribution in [3.63, 3.8) is 0 Å². The predicted molar refractivity (Wildman–Crippen MR) is 344 cm³/mol. The van der Waals surface area contributed by atoms with Gasteiger partial charge in [0, 0.05) is 0 Å². The van der Waals surface area contributed by atoms with Crippen LogP contribution in [0.1, 0.15) is 214 Å². The number of nitrogens with zero attached hydrogens (tertiary/aromatic N) is 2. The van der Waals surface area contributed by atoms with E-state index in [-0.39, 0.29) is 0 Å². The molecule has 0 saturated heterocycles. The molecule has 9 rings (SSSR count). The molecule has 4 heteroatoms. The van der Waals surface area contributed by atoms with Gasteiger partial charge in [0.25, 0.3) is 0 Å². The van der Waals surface area contributed by atoms with E-state index in [1.54, 1.807) is 0 Å². The molecule has 1 aliphatic heterocycles. The van der Waals surface area contributed by atoms with Gasteiger partial charge in [-0.2, -0.15) is 0 Å². The zero-order chi connectivity index (χ0) is 55.7. The first-order valence-corrected chi connectivity index (χ1v) is 39.7. The van der Waals surface area contributed by atoms with Gasteiger partial charge in [0.2, 0.25) is 0 Å². The van der Waals surface area contributed by atoms with Gasteiger partial charge >= 0.3 is 480 Å². The van der Waals surface area contributed by atoms with Crippen LogP contribution in [0.2, 0.25) is 0 Å². The van der Waals surface area contributed by atoms with Gasteiger partial charge in [0.15, 0.2) is 0 Å². The summed E-state index contributed by atoms with van der Waals surface area (Å²) in [5.41, 5.74) is 26.6. The Morgan fingerprint density at radius 2 is 0.423 bits per heavy atom. The zero-order valence-corrected chi connectivity index (χ0v) is 53.9. The molecule has 0 amide bonds. The van der Waals surface area contributed by atoms with E-state index in [1.165, 1.54) is 97.8 Å². The number of hydrogen-bond donors (Lipinski definition) is 0. The van der Waals surface area contributed by atoms with Crippen LogP contribution < -0.4 is 8.79 Å². The van der Waals surface area contributed by atoms with E-state index in [9.17, 15) is 0 Å². The van der Waals surface area contributed by atoms with Crippen LogP contribution >= 0.6 is 0 Å². The second-order valence-corrected chi connectivity index (χ2v) is 40.6. The van der Waals surface area contributed by atoms with Crippen molar-refractivity contribution in [1.29, 1.82) is 0 Å². The van der Waals surface area contributed by atoms with Crippen LogP contribution in [0.3, 0.4) is 0 Å². The Bertz CT molecular complexity index is 3060. The first-order valence-electron chi connectivity index (χ1n) is 29.2. The second kappa shape index (κ2) is 24.3. The SMILES string of the molecule is CC(C)c1cccc(C(C)C)c1-c1cccc(-c2c(C(C)C)cccc2C(C)C)[c]1[Ge]1=[Ge]([c]2c(-c3c(C(C)C)cccc3C(C)C)cccc2-c2c(C(C)C)cccc2C(C)C)[N]=C(c2ccccc2)C(c2ccccc2)=[N]1. The molecular formula is C74H84Ge2N2. The van der Waals surface area contributed by atoms with Gasteiger partial charge < -0.3 is 0 Å². The molecular weight excluding hydrogens is 1060 g/mol. The standard InChI is InChI=1S/C74H84Ge2N2/c1-45(2)55-33-23-34-56(46(3)4)67(55)63-41-27-42-64(68-57(47(5)6)35-24-36-58(68)48(7)8)71(63)75-76(78-74(54-31-21-18-22-32-54)73(77-75)53-29-19-17-20-30-53)72-65(69-59(49(9)10)37-25-38-60(69)50(11)12)43-28-44-66(72)70-61(51(13)14)39-26-40-62(70)52(15)16/h17-52H,1-16H3. The van der Waals surface area contributed by atoms with Crippen molar-refractivity contribution in [2.75, 3.05) is 0 Å². The van der Waals surface area contributed by atoms with Crippen LogP contribution in [0, 0.1) is 0 Å². The molecule has 1 aliphatic rings. The van der Waals surface area contributed by atoms with E-state index in [0.29, 0.717) is 47.3 Å². The molecule has 0 radical (unpaired) electrons. The van der Waals surface area contributed by atoms with Crippen molar-refractivity contribution >= 4 is 44.3 Å². The summed E-state index contributed by atoms with van der Waals surface area (Å²) in [6.45, 7) is 38.2. The summed E-state index contributed by atoms with van der Waals surface area (Å²) in [6.07, 6.45) is 0. The van der Waals surface area contributed by atoms with E-state index in [0.717, 1.165) is 22.6 Å². The average molecular weight is 1150 g/mol. The van der Waals surface area contributed by atoms with Crippen molar-refractivity contribution in [1.82, 2.24) is 0 Å². The fourth-order valence-electron chi connectivity index (χ4n) is 12.3. The maximum atomic E-state index is 6.73. The Morgan fingerprint density at radius 1 is 0.231 bits per heavy atom. The topological polar surface area (TPSA) is 24.7 Å². The van der Waals surface area contributed by atoms with Crippen LogP contribution in [0.25, 0.3) is 44.5 Å². The molecule has 1 heterocycles. The Balaban J connectivity index is 1.66. The third-order valence-corrected chi connectivity index (χ3v) is 36.0. The molecule has 8 aromatic carbocycles. The first-order chi connectivity index (χ1) is 37.4. The van der Waals surface area contributed by atoms with Crippen molar-refractivity contribution in [3.8, 4) is 44.5 Å². The van der Waals surface area contributed by atoms with Crippen molar-refractivity contribution < 1.29 is 0 Å². The summed E-state index contributed by atoms with van der Waals surface area (Å²) in [6, 6.07) is 65.5. The average Bonchev–Trinajstić information content (AvgIpc) is 3.43. The van der Waals surface area contributed by atoms with Gasteiger partial charge in [-0.05, 0) is 0 Å². The summed E-state index contributed by atoms with van der Waals surface area (Å²) in [5.74, 6) is 2.43. The van der Waals surface area contributed by atoms with E-state index in [1.807, 2.05) is 0 Å². The Hall–Kier alpha value is -5.81. The molecule has 0 unspecified atom stereocenters. The van der Waals surface area contributed by atoms with Crippen LogP contribution in [0.15, 0.2) is 178 Å². The maximum absolute atomic E-state index is 6.73. The fraction of sp³-hybridized carbons (Fsp3) is 0.324. The molecule has 0 spiro atoms.